The normalized spacial score (nSPS) is 10.8. The molecule has 27 heavy (non-hydrogen) atoms. The first kappa shape index (κ1) is 18.3. The van der Waals surface area contributed by atoms with Crippen molar-refractivity contribution in [2.75, 3.05) is 5.32 Å². The molecule has 0 unspecified atom stereocenters. The standard InChI is InChI=1S/C18H18FN5O3/c1-11-17(21-16(25)10-23-9-14(7-20-23)18(26)27)12(2)24(22-11)8-13-3-5-15(19)6-4-13/h3-7,9H,8,10H2,1-2H3,(H,21,25)(H,26,27). The lowest BCUT2D eigenvalue weighted by molar-refractivity contribution is -0.116. The maximum Gasteiger partial charge on any atom is 0.338 e. The van der Waals surface area contributed by atoms with Crippen molar-refractivity contribution >= 4 is 17.6 Å². The second-order valence-electron chi connectivity index (χ2n) is 6.11. The van der Waals surface area contributed by atoms with Crippen molar-refractivity contribution in [3.8, 4) is 0 Å². The van der Waals surface area contributed by atoms with Crippen LogP contribution in [-0.2, 0) is 17.9 Å². The molecule has 2 aromatic heterocycles. The molecule has 0 bridgehead atoms. The Morgan fingerprint density at radius 3 is 2.56 bits per heavy atom. The molecule has 1 amide bonds. The second kappa shape index (κ2) is 7.40. The van der Waals surface area contributed by atoms with Gasteiger partial charge in [0.2, 0.25) is 5.91 Å². The van der Waals surface area contributed by atoms with E-state index in [1.165, 1.54) is 29.2 Å². The minimum absolute atomic E-state index is 0.0160. The number of aryl methyl sites for hydroxylation is 1. The number of nitrogens with one attached hydrogen (secondary N) is 1. The molecule has 3 rings (SSSR count). The molecule has 0 saturated heterocycles. The van der Waals surface area contributed by atoms with Crippen molar-refractivity contribution in [1.29, 1.82) is 0 Å². The summed E-state index contributed by atoms with van der Waals surface area (Å²) in [5, 5.41) is 20.0. The van der Waals surface area contributed by atoms with Crippen molar-refractivity contribution in [1.82, 2.24) is 19.6 Å². The van der Waals surface area contributed by atoms with E-state index in [0.717, 1.165) is 11.3 Å². The van der Waals surface area contributed by atoms with E-state index in [2.05, 4.69) is 15.5 Å². The predicted octanol–water partition coefficient (Wildman–Crippen LogP) is 2.22. The van der Waals surface area contributed by atoms with E-state index in [4.69, 9.17) is 5.11 Å². The molecule has 0 fully saturated rings. The highest BCUT2D eigenvalue weighted by Crippen LogP contribution is 2.20. The third-order valence-electron chi connectivity index (χ3n) is 4.08. The van der Waals surface area contributed by atoms with Gasteiger partial charge in [0.1, 0.15) is 12.4 Å². The molecule has 2 N–H and O–H groups in total. The van der Waals surface area contributed by atoms with Gasteiger partial charge in [0.15, 0.2) is 0 Å². The van der Waals surface area contributed by atoms with Gasteiger partial charge < -0.3 is 10.4 Å². The van der Waals surface area contributed by atoms with Gasteiger partial charge in [-0.05, 0) is 31.5 Å². The van der Waals surface area contributed by atoms with Gasteiger partial charge in [-0.25, -0.2) is 9.18 Å². The maximum atomic E-state index is 13.0. The highest BCUT2D eigenvalue weighted by Gasteiger charge is 2.15. The van der Waals surface area contributed by atoms with E-state index in [1.54, 1.807) is 23.7 Å². The number of halogens is 1. The number of carboxylic acids is 1. The molecular weight excluding hydrogens is 353 g/mol. The Morgan fingerprint density at radius 2 is 1.93 bits per heavy atom. The average molecular weight is 371 g/mol. The monoisotopic (exact) mass is 371 g/mol. The summed E-state index contributed by atoms with van der Waals surface area (Å²) in [6.45, 7) is 3.94. The van der Waals surface area contributed by atoms with Gasteiger partial charge in [0.05, 0.1) is 35.4 Å². The van der Waals surface area contributed by atoms with Gasteiger partial charge in [0.25, 0.3) is 0 Å². The Balaban J connectivity index is 1.70. The van der Waals surface area contributed by atoms with Crippen LogP contribution in [0.4, 0.5) is 10.1 Å². The van der Waals surface area contributed by atoms with Crippen LogP contribution in [0.3, 0.4) is 0 Å². The van der Waals surface area contributed by atoms with E-state index >= 15 is 0 Å². The fraction of sp³-hybridized carbons (Fsp3) is 0.222. The van der Waals surface area contributed by atoms with Crippen LogP contribution >= 0.6 is 0 Å². The fourth-order valence-electron chi connectivity index (χ4n) is 2.68. The molecular formula is C18H18FN5O3. The average Bonchev–Trinajstić information content (AvgIpc) is 3.18. The Kier molecular flexibility index (Phi) is 5.02. The summed E-state index contributed by atoms with van der Waals surface area (Å²) < 4.78 is 16.0. The van der Waals surface area contributed by atoms with Gasteiger partial charge in [-0.1, -0.05) is 12.1 Å². The van der Waals surface area contributed by atoms with Crippen LogP contribution in [0, 0.1) is 19.7 Å². The van der Waals surface area contributed by atoms with Crippen LogP contribution in [0.2, 0.25) is 0 Å². The second-order valence-corrected chi connectivity index (χ2v) is 6.11. The summed E-state index contributed by atoms with van der Waals surface area (Å²) in [6, 6.07) is 6.14. The van der Waals surface area contributed by atoms with Gasteiger partial charge in [-0.3, -0.25) is 14.2 Å². The zero-order valence-electron chi connectivity index (χ0n) is 14.8. The first-order valence-electron chi connectivity index (χ1n) is 8.17. The number of amides is 1. The molecule has 0 aliphatic heterocycles. The van der Waals surface area contributed by atoms with Crippen molar-refractivity contribution in [2.24, 2.45) is 0 Å². The molecule has 3 aromatic rings. The number of aromatic nitrogens is 4. The predicted molar refractivity (Wildman–Crippen MR) is 95.0 cm³/mol. The number of aromatic carboxylic acids is 1. The molecule has 9 heteroatoms. The summed E-state index contributed by atoms with van der Waals surface area (Å²) in [7, 11) is 0. The minimum atomic E-state index is -1.10. The number of carboxylic acid groups (broad SMARTS) is 1. The Hall–Kier alpha value is -3.49. The van der Waals surface area contributed by atoms with Gasteiger partial charge in [-0.2, -0.15) is 10.2 Å². The summed E-state index contributed by atoms with van der Waals surface area (Å²) in [4.78, 5) is 23.1. The highest BCUT2D eigenvalue weighted by molar-refractivity contribution is 5.92. The van der Waals surface area contributed by atoms with E-state index in [9.17, 15) is 14.0 Å². The van der Waals surface area contributed by atoms with Crippen LogP contribution in [-0.4, -0.2) is 36.5 Å². The summed E-state index contributed by atoms with van der Waals surface area (Å²) >= 11 is 0. The number of nitrogens with zero attached hydrogens (tertiary/aromatic N) is 4. The lowest BCUT2D eigenvalue weighted by Gasteiger charge is -2.07. The third kappa shape index (κ3) is 4.20. The van der Waals surface area contributed by atoms with Crippen molar-refractivity contribution in [3.63, 3.8) is 0 Å². The molecule has 8 nitrogen and oxygen atoms in total. The number of carbonyl (C=O) groups is 2. The zero-order chi connectivity index (χ0) is 19.6. The number of carbonyl (C=O) groups excluding carboxylic acids is 1. The van der Waals surface area contributed by atoms with Gasteiger partial charge in [-0.15, -0.1) is 0 Å². The Bertz CT molecular complexity index is 991. The molecule has 2 heterocycles. The summed E-state index contributed by atoms with van der Waals surface area (Å²) in [6.07, 6.45) is 2.48. The maximum absolute atomic E-state index is 13.0. The van der Waals surface area contributed by atoms with Crippen molar-refractivity contribution < 1.29 is 19.1 Å². The molecule has 0 radical (unpaired) electrons. The van der Waals surface area contributed by atoms with Crippen LogP contribution in [0.5, 0.6) is 0 Å². The van der Waals surface area contributed by atoms with E-state index < -0.39 is 5.97 Å². The zero-order valence-corrected chi connectivity index (χ0v) is 14.8. The lowest BCUT2D eigenvalue weighted by atomic mass is 10.2. The van der Waals surface area contributed by atoms with Gasteiger partial charge in [0, 0.05) is 6.20 Å². The summed E-state index contributed by atoms with van der Waals surface area (Å²) in [5.74, 6) is -1.75. The molecule has 1 aromatic carbocycles. The highest BCUT2D eigenvalue weighted by atomic mass is 19.1. The lowest BCUT2D eigenvalue weighted by Crippen LogP contribution is -2.20. The van der Waals surface area contributed by atoms with Crippen LogP contribution < -0.4 is 5.32 Å². The minimum Gasteiger partial charge on any atom is -0.478 e. The molecule has 0 aliphatic rings. The van der Waals surface area contributed by atoms with E-state index in [-0.39, 0.29) is 23.8 Å². The van der Waals surface area contributed by atoms with Crippen LogP contribution in [0.15, 0.2) is 36.7 Å². The number of hydrogen-bond acceptors (Lipinski definition) is 4. The molecule has 0 aliphatic carbocycles. The number of rotatable bonds is 6. The van der Waals surface area contributed by atoms with E-state index in [1.807, 2.05) is 6.92 Å². The molecule has 140 valence electrons. The molecule has 0 atom stereocenters. The van der Waals surface area contributed by atoms with Crippen molar-refractivity contribution in [2.45, 2.75) is 26.9 Å². The van der Waals surface area contributed by atoms with Crippen molar-refractivity contribution in [3.05, 3.63) is 65.0 Å². The van der Waals surface area contributed by atoms with Crippen LogP contribution in [0.25, 0.3) is 0 Å². The largest absolute Gasteiger partial charge is 0.478 e. The first-order chi connectivity index (χ1) is 12.8. The smallest absolute Gasteiger partial charge is 0.338 e. The SMILES string of the molecule is Cc1nn(Cc2ccc(F)cc2)c(C)c1NC(=O)Cn1cc(C(=O)O)cn1. The number of benzene rings is 1. The Morgan fingerprint density at radius 1 is 1.22 bits per heavy atom. The topological polar surface area (TPSA) is 102 Å². The number of anilines is 1. The van der Waals surface area contributed by atoms with E-state index in [0.29, 0.717) is 17.9 Å². The summed E-state index contributed by atoms with van der Waals surface area (Å²) in [5.41, 5.74) is 2.90. The molecule has 0 spiro atoms. The number of hydrogen-bond donors (Lipinski definition) is 2. The first-order valence-corrected chi connectivity index (χ1v) is 8.17. The van der Waals surface area contributed by atoms with Crippen LogP contribution in [0.1, 0.15) is 27.3 Å². The fourth-order valence-corrected chi connectivity index (χ4v) is 2.68. The third-order valence-corrected chi connectivity index (χ3v) is 4.08. The van der Waals surface area contributed by atoms with Gasteiger partial charge >= 0.3 is 5.97 Å². The quantitative estimate of drug-likeness (QED) is 0.692. The Labute approximate surface area is 154 Å². The molecule has 0 saturated carbocycles.